The standard InChI is InChI=1S/C10H8.2C3H6O.2C2H6/c1-2-6-10-8-4-3-7-9(10)5-1;2*1-3(2)4;2*1-2/h1-8H;2*1-2H3;2*1-2H3. The normalized spacial score (nSPS) is 7.45. The average Bonchev–Trinajstić information content (AvgIpc) is 2.50. The fourth-order valence-electron chi connectivity index (χ4n) is 1.13. The van der Waals surface area contributed by atoms with Gasteiger partial charge in [-0.3, -0.25) is 0 Å². The number of hydrogen-bond acceptors (Lipinski definition) is 2. The Morgan fingerprint density at radius 2 is 0.682 bits per heavy atom. The minimum absolute atomic E-state index is 0.167. The lowest BCUT2D eigenvalue weighted by Gasteiger charge is -1.92. The molecule has 0 heterocycles. The highest BCUT2D eigenvalue weighted by atomic mass is 16.1. The number of carbonyl (C=O) groups is 2. The van der Waals surface area contributed by atoms with Gasteiger partial charge in [0.15, 0.2) is 0 Å². The van der Waals surface area contributed by atoms with Crippen molar-refractivity contribution in [2.45, 2.75) is 55.4 Å². The van der Waals surface area contributed by atoms with Gasteiger partial charge in [0.1, 0.15) is 11.6 Å². The summed E-state index contributed by atoms with van der Waals surface area (Å²) < 4.78 is 0. The van der Waals surface area contributed by atoms with Crippen LogP contribution in [0.15, 0.2) is 48.5 Å². The Balaban J connectivity index is -0.000000256. The molecule has 2 rings (SSSR count). The third-order valence-electron chi connectivity index (χ3n) is 1.66. The molecule has 0 spiro atoms. The van der Waals surface area contributed by atoms with Crippen LogP contribution in [0.1, 0.15) is 55.4 Å². The number of carbonyl (C=O) groups excluding carboxylic acids is 2. The Morgan fingerprint density at radius 1 is 0.545 bits per heavy atom. The summed E-state index contributed by atoms with van der Waals surface area (Å²) in [7, 11) is 0. The van der Waals surface area contributed by atoms with Crippen molar-refractivity contribution in [2.75, 3.05) is 0 Å². The van der Waals surface area contributed by atoms with E-state index in [0.29, 0.717) is 0 Å². The van der Waals surface area contributed by atoms with Crippen LogP contribution in [0.5, 0.6) is 0 Å². The molecule has 2 nitrogen and oxygen atoms in total. The van der Waals surface area contributed by atoms with Gasteiger partial charge in [-0.15, -0.1) is 0 Å². The van der Waals surface area contributed by atoms with E-state index in [1.165, 1.54) is 38.5 Å². The molecule has 0 aliphatic carbocycles. The second kappa shape index (κ2) is 19.0. The van der Waals surface area contributed by atoms with Gasteiger partial charge in [0, 0.05) is 0 Å². The summed E-state index contributed by atoms with van der Waals surface area (Å²) in [5, 5.41) is 2.62. The van der Waals surface area contributed by atoms with Crippen LogP contribution in [0.3, 0.4) is 0 Å². The van der Waals surface area contributed by atoms with Crippen LogP contribution in [-0.4, -0.2) is 11.6 Å². The van der Waals surface area contributed by atoms with Crippen LogP contribution in [-0.2, 0) is 9.59 Å². The van der Waals surface area contributed by atoms with Crippen molar-refractivity contribution in [1.29, 1.82) is 0 Å². The molecule has 2 heteroatoms. The third-order valence-corrected chi connectivity index (χ3v) is 1.66. The SMILES string of the molecule is CC.CC.CC(C)=O.CC(C)=O.c1ccc2ccccc2c1. The van der Waals surface area contributed by atoms with Gasteiger partial charge < -0.3 is 9.59 Å². The lowest BCUT2D eigenvalue weighted by atomic mass is 10.1. The van der Waals surface area contributed by atoms with E-state index in [1.54, 1.807) is 0 Å². The fraction of sp³-hybridized carbons (Fsp3) is 0.400. The fourth-order valence-corrected chi connectivity index (χ4v) is 1.13. The van der Waals surface area contributed by atoms with Gasteiger partial charge in [0.05, 0.1) is 0 Å². The van der Waals surface area contributed by atoms with Crippen molar-refractivity contribution in [3.8, 4) is 0 Å². The molecule has 22 heavy (non-hydrogen) atoms. The van der Waals surface area contributed by atoms with Gasteiger partial charge in [0.2, 0.25) is 0 Å². The minimum Gasteiger partial charge on any atom is -0.300 e. The summed E-state index contributed by atoms with van der Waals surface area (Å²) in [5.74, 6) is 0.333. The molecule has 0 aliphatic rings. The molecule has 2 aromatic carbocycles. The summed E-state index contributed by atoms with van der Waals surface area (Å²) >= 11 is 0. The van der Waals surface area contributed by atoms with Crippen LogP contribution in [0.25, 0.3) is 10.8 Å². The number of fused-ring (bicyclic) bond motifs is 1. The highest BCUT2D eigenvalue weighted by Crippen LogP contribution is 2.11. The van der Waals surface area contributed by atoms with Crippen molar-refractivity contribution >= 4 is 22.3 Å². The van der Waals surface area contributed by atoms with Gasteiger partial charge in [-0.2, -0.15) is 0 Å². The Hall–Kier alpha value is -1.96. The summed E-state index contributed by atoms with van der Waals surface area (Å²) in [6.45, 7) is 14.1. The summed E-state index contributed by atoms with van der Waals surface area (Å²) in [4.78, 5) is 18.9. The van der Waals surface area contributed by atoms with E-state index in [9.17, 15) is 9.59 Å². The Labute approximate surface area is 136 Å². The number of rotatable bonds is 0. The molecule has 2 aromatic rings. The molecule has 0 bridgehead atoms. The van der Waals surface area contributed by atoms with Crippen LogP contribution in [0.4, 0.5) is 0 Å². The number of benzene rings is 2. The van der Waals surface area contributed by atoms with E-state index in [0.717, 1.165) is 0 Å². The highest BCUT2D eigenvalue weighted by molar-refractivity contribution is 5.82. The highest BCUT2D eigenvalue weighted by Gasteiger charge is 1.85. The Kier molecular flexibility index (Phi) is 21.7. The molecule has 0 saturated heterocycles. The Morgan fingerprint density at radius 3 is 0.818 bits per heavy atom. The number of Topliss-reactive ketones (excluding diaryl/α,β-unsaturated/α-hetero) is 2. The summed E-state index contributed by atoms with van der Waals surface area (Å²) in [6, 6.07) is 16.7. The molecular formula is C20H32O2. The molecule has 0 fully saturated rings. The molecule has 0 aromatic heterocycles. The quantitative estimate of drug-likeness (QED) is 0.590. The number of ketones is 2. The zero-order chi connectivity index (χ0) is 18.0. The second-order valence-electron chi connectivity index (χ2n) is 4.16. The van der Waals surface area contributed by atoms with Crippen molar-refractivity contribution in [2.24, 2.45) is 0 Å². The minimum atomic E-state index is 0.167. The molecule has 0 atom stereocenters. The van der Waals surface area contributed by atoms with E-state index < -0.39 is 0 Å². The smallest absolute Gasteiger partial charge is 0.126 e. The van der Waals surface area contributed by atoms with Crippen LogP contribution >= 0.6 is 0 Å². The first-order valence-electron chi connectivity index (χ1n) is 7.81. The van der Waals surface area contributed by atoms with Crippen molar-refractivity contribution in [3.63, 3.8) is 0 Å². The van der Waals surface area contributed by atoms with Crippen molar-refractivity contribution < 1.29 is 9.59 Å². The van der Waals surface area contributed by atoms with Crippen LogP contribution in [0.2, 0.25) is 0 Å². The number of hydrogen-bond donors (Lipinski definition) is 0. The van der Waals surface area contributed by atoms with Gasteiger partial charge in [-0.05, 0) is 38.5 Å². The summed E-state index contributed by atoms with van der Waals surface area (Å²) in [6.07, 6.45) is 0. The zero-order valence-electron chi connectivity index (χ0n) is 15.4. The predicted molar refractivity (Wildman–Crippen MR) is 99.4 cm³/mol. The zero-order valence-corrected chi connectivity index (χ0v) is 15.4. The molecule has 0 N–H and O–H groups in total. The van der Waals surface area contributed by atoms with Crippen molar-refractivity contribution in [3.05, 3.63) is 48.5 Å². The van der Waals surface area contributed by atoms with E-state index in [2.05, 4.69) is 48.5 Å². The molecule has 0 aliphatic heterocycles. The molecule has 0 radical (unpaired) electrons. The molecule has 0 saturated carbocycles. The maximum atomic E-state index is 9.44. The second-order valence-corrected chi connectivity index (χ2v) is 4.16. The van der Waals surface area contributed by atoms with Gasteiger partial charge in [-0.1, -0.05) is 76.2 Å². The van der Waals surface area contributed by atoms with E-state index >= 15 is 0 Å². The van der Waals surface area contributed by atoms with Crippen molar-refractivity contribution in [1.82, 2.24) is 0 Å². The van der Waals surface area contributed by atoms with E-state index in [-0.39, 0.29) is 11.6 Å². The largest absolute Gasteiger partial charge is 0.300 e. The summed E-state index contributed by atoms with van der Waals surface area (Å²) in [5.41, 5.74) is 0. The maximum absolute atomic E-state index is 9.44. The van der Waals surface area contributed by atoms with Gasteiger partial charge >= 0.3 is 0 Å². The van der Waals surface area contributed by atoms with Crippen LogP contribution in [0, 0.1) is 0 Å². The first-order chi connectivity index (χ1) is 10.4. The monoisotopic (exact) mass is 304 g/mol. The third kappa shape index (κ3) is 20.4. The molecular weight excluding hydrogens is 272 g/mol. The van der Waals surface area contributed by atoms with E-state index in [1.807, 2.05) is 27.7 Å². The molecule has 0 unspecified atom stereocenters. The average molecular weight is 304 g/mol. The maximum Gasteiger partial charge on any atom is 0.126 e. The van der Waals surface area contributed by atoms with Gasteiger partial charge in [-0.25, -0.2) is 0 Å². The van der Waals surface area contributed by atoms with Crippen LogP contribution < -0.4 is 0 Å². The Bertz CT molecular complexity index is 416. The first kappa shape index (κ1) is 25.0. The lowest BCUT2D eigenvalue weighted by molar-refractivity contribution is -0.115. The topological polar surface area (TPSA) is 34.1 Å². The van der Waals surface area contributed by atoms with Gasteiger partial charge in [0.25, 0.3) is 0 Å². The lowest BCUT2D eigenvalue weighted by Crippen LogP contribution is -1.69. The molecule has 124 valence electrons. The predicted octanol–water partition coefficient (Wildman–Crippen LogP) is 6.08. The van der Waals surface area contributed by atoms with E-state index in [4.69, 9.17) is 0 Å². The first-order valence-corrected chi connectivity index (χ1v) is 7.81. The molecule has 0 amide bonds.